The van der Waals surface area contributed by atoms with Crippen LogP contribution in [0.1, 0.15) is 32.1 Å². The quantitative estimate of drug-likeness (QED) is 0.450. The SMILES string of the molecule is [CH2]CCCCCC#CCSC. The van der Waals surface area contributed by atoms with Crippen LogP contribution in [0.4, 0.5) is 0 Å². The second-order valence-corrected chi connectivity index (χ2v) is 3.32. The van der Waals surface area contributed by atoms with Gasteiger partial charge in [-0.1, -0.05) is 32.1 Å². The predicted octanol–water partition coefficient (Wildman–Crippen LogP) is 3.14. The first kappa shape index (κ1) is 10.9. The molecule has 0 aliphatic rings. The summed E-state index contributed by atoms with van der Waals surface area (Å²) in [7, 11) is 0. The maximum Gasteiger partial charge on any atom is 0.0544 e. The molecule has 0 aliphatic heterocycles. The second-order valence-electron chi connectivity index (χ2n) is 2.45. The smallest absolute Gasteiger partial charge is 0.0544 e. The van der Waals surface area contributed by atoms with E-state index in [-0.39, 0.29) is 0 Å². The molecule has 0 saturated heterocycles. The van der Waals surface area contributed by atoms with Crippen LogP contribution in [0.2, 0.25) is 0 Å². The van der Waals surface area contributed by atoms with Crippen molar-refractivity contribution in [1.82, 2.24) is 0 Å². The van der Waals surface area contributed by atoms with Crippen molar-refractivity contribution in [3.63, 3.8) is 0 Å². The van der Waals surface area contributed by atoms with Crippen molar-refractivity contribution in [2.24, 2.45) is 0 Å². The Balaban J connectivity index is 2.96. The van der Waals surface area contributed by atoms with E-state index >= 15 is 0 Å². The Bertz CT molecular complexity index is 119. The van der Waals surface area contributed by atoms with E-state index in [0.717, 1.165) is 18.6 Å². The summed E-state index contributed by atoms with van der Waals surface area (Å²) >= 11 is 1.79. The lowest BCUT2D eigenvalue weighted by atomic mass is 10.2. The van der Waals surface area contributed by atoms with Gasteiger partial charge in [0.25, 0.3) is 0 Å². The minimum absolute atomic E-state index is 0.981. The van der Waals surface area contributed by atoms with Crippen LogP contribution >= 0.6 is 11.8 Å². The molecule has 0 amide bonds. The highest BCUT2D eigenvalue weighted by atomic mass is 32.2. The Kier molecular flexibility index (Phi) is 9.83. The highest BCUT2D eigenvalue weighted by Crippen LogP contribution is 2.00. The Morgan fingerprint density at radius 2 is 2.00 bits per heavy atom. The average molecular weight is 169 g/mol. The Labute approximate surface area is 75.1 Å². The van der Waals surface area contributed by atoms with Crippen molar-refractivity contribution in [2.45, 2.75) is 32.1 Å². The molecule has 0 aliphatic carbocycles. The second kappa shape index (κ2) is 9.91. The van der Waals surface area contributed by atoms with Crippen LogP contribution < -0.4 is 0 Å². The molecule has 63 valence electrons. The van der Waals surface area contributed by atoms with Gasteiger partial charge in [0.05, 0.1) is 5.75 Å². The van der Waals surface area contributed by atoms with Crippen LogP contribution in [0.5, 0.6) is 0 Å². The highest BCUT2D eigenvalue weighted by Gasteiger charge is 1.83. The summed E-state index contributed by atoms with van der Waals surface area (Å²) in [6.45, 7) is 3.79. The fourth-order valence-corrected chi connectivity index (χ4v) is 1.02. The lowest BCUT2D eigenvalue weighted by Gasteiger charge is -1.91. The number of thioether (sulfide) groups is 1. The van der Waals surface area contributed by atoms with Crippen LogP contribution in [0, 0.1) is 18.8 Å². The molecule has 0 aromatic carbocycles. The van der Waals surface area contributed by atoms with Gasteiger partial charge in [-0.15, -0.1) is 5.92 Å². The lowest BCUT2D eigenvalue weighted by molar-refractivity contribution is 0.701. The molecule has 0 aromatic heterocycles. The standard InChI is InChI=1S/C10H17S/c1-3-4-5-6-7-8-9-10-11-2/h1,3-7,10H2,2H3. The van der Waals surface area contributed by atoms with E-state index in [9.17, 15) is 0 Å². The van der Waals surface area contributed by atoms with E-state index in [0.29, 0.717) is 0 Å². The molecule has 0 saturated carbocycles. The molecule has 0 bridgehead atoms. The predicted molar refractivity (Wildman–Crippen MR) is 54.6 cm³/mol. The molecular formula is C10H17S. The zero-order valence-corrected chi connectivity index (χ0v) is 8.17. The molecule has 0 heterocycles. The van der Waals surface area contributed by atoms with Gasteiger partial charge in [0.1, 0.15) is 0 Å². The molecule has 1 radical (unpaired) electrons. The number of hydrogen-bond donors (Lipinski definition) is 0. The molecule has 1 heteroatoms. The van der Waals surface area contributed by atoms with Crippen LogP contribution in [-0.4, -0.2) is 12.0 Å². The third kappa shape index (κ3) is 9.91. The van der Waals surface area contributed by atoms with Gasteiger partial charge in [-0.3, -0.25) is 0 Å². The van der Waals surface area contributed by atoms with E-state index in [1.807, 2.05) is 0 Å². The van der Waals surface area contributed by atoms with Crippen molar-refractivity contribution < 1.29 is 0 Å². The summed E-state index contributed by atoms with van der Waals surface area (Å²) in [5, 5.41) is 0. The fraction of sp³-hybridized carbons (Fsp3) is 0.700. The summed E-state index contributed by atoms with van der Waals surface area (Å²) in [6.07, 6.45) is 8.01. The molecule has 0 N–H and O–H groups in total. The topological polar surface area (TPSA) is 0 Å². The maximum atomic E-state index is 3.79. The van der Waals surface area contributed by atoms with Crippen molar-refractivity contribution in [2.75, 3.05) is 12.0 Å². The van der Waals surface area contributed by atoms with Crippen LogP contribution in [0.15, 0.2) is 0 Å². The van der Waals surface area contributed by atoms with Gasteiger partial charge in [-0.05, 0) is 12.7 Å². The lowest BCUT2D eigenvalue weighted by Crippen LogP contribution is -1.74. The van der Waals surface area contributed by atoms with Crippen molar-refractivity contribution in [3.05, 3.63) is 6.92 Å². The van der Waals surface area contributed by atoms with Gasteiger partial charge >= 0.3 is 0 Å². The molecule has 0 fully saturated rings. The Morgan fingerprint density at radius 1 is 1.18 bits per heavy atom. The summed E-state index contributed by atoms with van der Waals surface area (Å²) in [6, 6.07) is 0. The van der Waals surface area contributed by atoms with Gasteiger partial charge in [-0.25, -0.2) is 0 Å². The van der Waals surface area contributed by atoms with E-state index < -0.39 is 0 Å². The maximum absolute atomic E-state index is 3.79. The zero-order chi connectivity index (χ0) is 8.36. The molecule has 0 aromatic rings. The van der Waals surface area contributed by atoms with Crippen molar-refractivity contribution in [1.29, 1.82) is 0 Å². The fourth-order valence-electron chi connectivity index (χ4n) is 0.779. The van der Waals surface area contributed by atoms with Gasteiger partial charge in [0, 0.05) is 6.42 Å². The summed E-state index contributed by atoms with van der Waals surface area (Å²) in [4.78, 5) is 0. The Hall–Kier alpha value is -0.0900. The minimum Gasteiger partial charge on any atom is -0.152 e. The minimum atomic E-state index is 0.981. The summed E-state index contributed by atoms with van der Waals surface area (Å²) in [5.74, 6) is 7.24. The summed E-state index contributed by atoms with van der Waals surface area (Å²) < 4.78 is 0. The van der Waals surface area contributed by atoms with Crippen LogP contribution in [0.25, 0.3) is 0 Å². The highest BCUT2D eigenvalue weighted by molar-refractivity contribution is 7.98. The molecule has 0 rings (SSSR count). The first-order valence-corrected chi connectivity index (χ1v) is 5.55. The van der Waals surface area contributed by atoms with Gasteiger partial charge in [-0.2, -0.15) is 11.8 Å². The third-order valence-corrected chi connectivity index (χ3v) is 1.83. The van der Waals surface area contributed by atoms with Gasteiger partial charge < -0.3 is 0 Å². The number of unbranched alkanes of at least 4 members (excludes halogenated alkanes) is 4. The van der Waals surface area contributed by atoms with E-state index in [1.165, 1.54) is 19.3 Å². The molecule has 0 atom stereocenters. The number of rotatable bonds is 5. The first-order chi connectivity index (χ1) is 5.41. The zero-order valence-electron chi connectivity index (χ0n) is 7.36. The number of hydrogen-bond acceptors (Lipinski definition) is 1. The van der Waals surface area contributed by atoms with Crippen LogP contribution in [-0.2, 0) is 0 Å². The van der Waals surface area contributed by atoms with E-state index in [2.05, 4.69) is 25.0 Å². The molecule has 0 spiro atoms. The van der Waals surface area contributed by atoms with Crippen molar-refractivity contribution in [3.8, 4) is 11.8 Å². The molecule has 0 unspecified atom stereocenters. The average Bonchev–Trinajstić information content (AvgIpc) is 2.03. The van der Waals surface area contributed by atoms with Gasteiger partial charge in [0.15, 0.2) is 0 Å². The molecule has 0 nitrogen and oxygen atoms in total. The Morgan fingerprint density at radius 3 is 2.64 bits per heavy atom. The monoisotopic (exact) mass is 169 g/mol. The first-order valence-electron chi connectivity index (χ1n) is 4.15. The molecule has 11 heavy (non-hydrogen) atoms. The normalized spacial score (nSPS) is 8.91. The van der Waals surface area contributed by atoms with Gasteiger partial charge in [0.2, 0.25) is 0 Å². The molecular weight excluding hydrogens is 152 g/mol. The largest absolute Gasteiger partial charge is 0.152 e. The van der Waals surface area contributed by atoms with Crippen molar-refractivity contribution >= 4 is 11.8 Å². The van der Waals surface area contributed by atoms with E-state index in [4.69, 9.17) is 0 Å². The summed E-state index contributed by atoms with van der Waals surface area (Å²) in [5.41, 5.74) is 0. The van der Waals surface area contributed by atoms with E-state index in [1.54, 1.807) is 11.8 Å². The third-order valence-electron chi connectivity index (χ3n) is 1.39. The van der Waals surface area contributed by atoms with Crippen LogP contribution in [0.3, 0.4) is 0 Å².